The average molecular weight is 268 g/mol. The highest BCUT2D eigenvalue weighted by Gasteiger charge is 2.24. The van der Waals surface area contributed by atoms with Gasteiger partial charge in [0.2, 0.25) is 5.91 Å². The van der Waals surface area contributed by atoms with E-state index in [1.54, 1.807) is 0 Å². The third kappa shape index (κ3) is 4.44. The lowest BCUT2D eigenvalue weighted by Gasteiger charge is -2.32. The van der Waals surface area contributed by atoms with E-state index in [0.717, 1.165) is 38.9 Å². The molecule has 2 heterocycles. The summed E-state index contributed by atoms with van der Waals surface area (Å²) in [7, 11) is 4.12. The van der Waals surface area contributed by atoms with Crippen LogP contribution in [0.15, 0.2) is 0 Å². The Hall–Kier alpha value is -0.650. The zero-order valence-electron chi connectivity index (χ0n) is 12.4. The van der Waals surface area contributed by atoms with Gasteiger partial charge >= 0.3 is 0 Å². The third-order valence-electron chi connectivity index (χ3n) is 4.30. The molecule has 1 amide bonds. The standard InChI is InChI=1S/C14H28N4O/c1-16-9-11-18(12-10-16)8-4-7-17(2)14(19)13-5-3-6-15-13/h13,15H,3-12H2,1-2H3. The zero-order chi connectivity index (χ0) is 13.7. The Balaban J connectivity index is 1.60. The molecule has 0 aromatic carbocycles. The maximum atomic E-state index is 12.1. The number of hydrogen-bond donors (Lipinski definition) is 1. The average Bonchev–Trinajstić information content (AvgIpc) is 2.94. The van der Waals surface area contributed by atoms with Gasteiger partial charge in [-0.1, -0.05) is 0 Å². The van der Waals surface area contributed by atoms with Crippen molar-refractivity contribution >= 4 is 5.91 Å². The minimum atomic E-state index is 0.0774. The Morgan fingerprint density at radius 2 is 2.05 bits per heavy atom. The Bertz CT molecular complexity index is 283. The molecule has 0 radical (unpaired) electrons. The van der Waals surface area contributed by atoms with Crippen molar-refractivity contribution in [1.29, 1.82) is 0 Å². The fourth-order valence-corrected chi connectivity index (χ4v) is 2.87. The molecule has 0 aromatic rings. The highest BCUT2D eigenvalue weighted by atomic mass is 16.2. The fourth-order valence-electron chi connectivity index (χ4n) is 2.87. The van der Waals surface area contributed by atoms with Gasteiger partial charge in [-0.15, -0.1) is 0 Å². The molecule has 19 heavy (non-hydrogen) atoms. The fraction of sp³-hybridized carbons (Fsp3) is 0.929. The van der Waals surface area contributed by atoms with Gasteiger partial charge in [0, 0.05) is 39.8 Å². The molecule has 0 aliphatic carbocycles. The van der Waals surface area contributed by atoms with Gasteiger partial charge in [0.25, 0.3) is 0 Å². The number of likely N-dealkylation sites (N-methyl/N-ethyl adjacent to an activating group) is 2. The van der Waals surface area contributed by atoms with Crippen molar-refractivity contribution in [3.8, 4) is 0 Å². The first-order valence-electron chi connectivity index (χ1n) is 7.56. The van der Waals surface area contributed by atoms with Crippen LogP contribution in [-0.2, 0) is 4.79 Å². The second kappa shape index (κ2) is 7.22. The van der Waals surface area contributed by atoms with E-state index >= 15 is 0 Å². The number of carbonyl (C=O) groups is 1. The van der Waals surface area contributed by atoms with Gasteiger partial charge < -0.3 is 20.0 Å². The summed E-state index contributed by atoms with van der Waals surface area (Å²) < 4.78 is 0. The summed E-state index contributed by atoms with van der Waals surface area (Å²) in [5, 5.41) is 3.27. The van der Waals surface area contributed by atoms with E-state index in [0.29, 0.717) is 0 Å². The number of nitrogens with one attached hydrogen (secondary N) is 1. The number of nitrogens with zero attached hydrogens (tertiary/aromatic N) is 3. The van der Waals surface area contributed by atoms with Gasteiger partial charge in [0.05, 0.1) is 6.04 Å². The lowest BCUT2D eigenvalue weighted by Crippen LogP contribution is -2.46. The quantitative estimate of drug-likeness (QED) is 0.752. The van der Waals surface area contributed by atoms with Crippen molar-refractivity contribution in [3.05, 3.63) is 0 Å². The molecule has 0 saturated carbocycles. The number of hydrogen-bond acceptors (Lipinski definition) is 4. The van der Waals surface area contributed by atoms with Gasteiger partial charge in [-0.2, -0.15) is 0 Å². The first-order valence-corrected chi connectivity index (χ1v) is 7.56. The second-order valence-electron chi connectivity index (χ2n) is 5.91. The van der Waals surface area contributed by atoms with E-state index < -0.39 is 0 Å². The van der Waals surface area contributed by atoms with E-state index in [1.165, 1.54) is 26.2 Å². The van der Waals surface area contributed by atoms with Crippen molar-refractivity contribution in [3.63, 3.8) is 0 Å². The van der Waals surface area contributed by atoms with Crippen LogP contribution >= 0.6 is 0 Å². The summed E-state index contributed by atoms with van der Waals surface area (Å²) in [6.45, 7) is 7.65. The predicted molar refractivity (Wildman–Crippen MR) is 77.2 cm³/mol. The lowest BCUT2D eigenvalue weighted by molar-refractivity contribution is -0.131. The van der Waals surface area contributed by atoms with E-state index in [9.17, 15) is 4.79 Å². The molecule has 0 bridgehead atoms. The third-order valence-corrected chi connectivity index (χ3v) is 4.30. The van der Waals surface area contributed by atoms with Crippen LogP contribution in [0.4, 0.5) is 0 Å². The van der Waals surface area contributed by atoms with Gasteiger partial charge in [0.1, 0.15) is 0 Å². The van der Waals surface area contributed by atoms with Crippen LogP contribution in [0.5, 0.6) is 0 Å². The van der Waals surface area contributed by atoms with Crippen LogP contribution in [-0.4, -0.2) is 86.6 Å². The monoisotopic (exact) mass is 268 g/mol. The smallest absolute Gasteiger partial charge is 0.239 e. The van der Waals surface area contributed by atoms with Crippen molar-refractivity contribution < 1.29 is 4.79 Å². The lowest BCUT2D eigenvalue weighted by atomic mass is 10.2. The van der Waals surface area contributed by atoms with Crippen molar-refractivity contribution in [1.82, 2.24) is 20.0 Å². The van der Waals surface area contributed by atoms with Crippen molar-refractivity contribution in [2.45, 2.75) is 25.3 Å². The Morgan fingerprint density at radius 1 is 1.32 bits per heavy atom. The van der Waals surface area contributed by atoms with E-state index in [4.69, 9.17) is 0 Å². The van der Waals surface area contributed by atoms with E-state index in [2.05, 4.69) is 22.2 Å². The first-order chi connectivity index (χ1) is 9.16. The molecule has 110 valence electrons. The van der Waals surface area contributed by atoms with Gasteiger partial charge in [0.15, 0.2) is 0 Å². The molecule has 2 aliphatic rings. The minimum Gasteiger partial charge on any atom is -0.344 e. The van der Waals surface area contributed by atoms with E-state index in [1.807, 2.05) is 11.9 Å². The van der Waals surface area contributed by atoms with Gasteiger partial charge in [-0.3, -0.25) is 4.79 Å². The Morgan fingerprint density at radius 3 is 2.68 bits per heavy atom. The van der Waals surface area contributed by atoms with Crippen LogP contribution in [0.25, 0.3) is 0 Å². The molecular formula is C14H28N4O. The van der Waals surface area contributed by atoms with Crippen LogP contribution in [0.3, 0.4) is 0 Å². The molecule has 1 N–H and O–H groups in total. The summed E-state index contributed by atoms with van der Waals surface area (Å²) in [5.74, 6) is 0.274. The Kier molecular flexibility index (Phi) is 5.60. The molecule has 2 aliphatic heterocycles. The van der Waals surface area contributed by atoms with Crippen molar-refractivity contribution in [2.75, 3.05) is 59.9 Å². The molecule has 1 unspecified atom stereocenters. The summed E-state index contributed by atoms with van der Waals surface area (Å²) in [4.78, 5) is 18.9. The predicted octanol–water partition coefficient (Wildman–Crippen LogP) is -0.166. The molecule has 5 heteroatoms. The molecule has 2 fully saturated rings. The number of rotatable bonds is 5. The summed E-state index contributed by atoms with van der Waals surface area (Å²) >= 11 is 0. The molecule has 2 saturated heterocycles. The van der Waals surface area contributed by atoms with Crippen LogP contribution in [0.2, 0.25) is 0 Å². The summed E-state index contributed by atoms with van der Waals surface area (Å²) in [6, 6.07) is 0.0774. The first kappa shape index (κ1) is 14.8. The maximum absolute atomic E-state index is 12.1. The van der Waals surface area contributed by atoms with Crippen molar-refractivity contribution in [2.24, 2.45) is 0 Å². The SMILES string of the molecule is CN1CCN(CCCN(C)C(=O)C2CCCN2)CC1. The van der Waals surface area contributed by atoms with Crippen LogP contribution in [0, 0.1) is 0 Å². The second-order valence-corrected chi connectivity index (χ2v) is 5.91. The number of amides is 1. The van der Waals surface area contributed by atoms with Crippen LogP contribution < -0.4 is 5.32 Å². The normalized spacial score (nSPS) is 25.7. The van der Waals surface area contributed by atoms with E-state index in [-0.39, 0.29) is 11.9 Å². The van der Waals surface area contributed by atoms with Gasteiger partial charge in [-0.05, 0) is 39.4 Å². The molecule has 2 rings (SSSR count). The molecule has 1 atom stereocenters. The molecule has 5 nitrogen and oxygen atoms in total. The minimum absolute atomic E-state index is 0.0774. The zero-order valence-corrected chi connectivity index (χ0v) is 12.4. The summed E-state index contributed by atoms with van der Waals surface area (Å²) in [5.41, 5.74) is 0. The topological polar surface area (TPSA) is 38.8 Å². The maximum Gasteiger partial charge on any atom is 0.239 e. The highest BCUT2D eigenvalue weighted by Crippen LogP contribution is 2.08. The van der Waals surface area contributed by atoms with Crippen LogP contribution in [0.1, 0.15) is 19.3 Å². The highest BCUT2D eigenvalue weighted by molar-refractivity contribution is 5.81. The summed E-state index contributed by atoms with van der Waals surface area (Å²) in [6.07, 6.45) is 3.21. The molecule has 0 spiro atoms. The van der Waals surface area contributed by atoms with Gasteiger partial charge in [-0.25, -0.2) is 0 Å². The molecular weight excluding hydrogens is 240 g/mol. The molecule has 0 aromatic heterocycles. The number of carbonyl (C=O) groups excluding carboxylic acids is 1. The number of piperazine rings is 1. The largest absolute Gasteiger partial charge is 0.344 e. The Labute approximate surface area is 116 Å².